The third-order valence-corrected chi connectivity index (χ3v) is 7.24. The molecule has 0 spiro atoms. The Bertz CT molecular complexity index is 1180. The van der Waals surface area contributed by atoms with Gasteiger partial charge in [-0.15, -0.1) is 0 Å². The summed E-state index contributed by atoms with van der Waals surface area (Å²) in [5, 5.41) is 10.8. The number of anilines is 1. The van der Waals surface area contributed by atoms with E-state index in [1.54, 1.807) is 30.0 Å². The van der Waals surface area contributed by atoms with E-state index < -0.39 is 16.1 Å². The quantitative estimate of drug-likeness (QED) is 0.526. The summed E-state index contributed by atoms with van der Waals surface area (Å²) in [5.74, 6) is -0.0111. The molecule has 0 fully saturated rings. The van der Waals surface area contributed by atoms with Crippen LogP contribution in [0, 0.1) is 5.92 Å². The minimum Gasteiger partial charge on any atom is -0.488 e. The fraction of sp³-hybridized carbons (Fsp3) is 0.458. The Morgan fingerprint density at radius 1 is 1.23 bits per heavy atom. The molecule has 0 bridgehead atoms. The maximum absolute atomic E-state index is 13.4. The SMILES string of the molecule is C[C@H]1CN([C@@H](C)CO)C(=O)c2cc(NS(C)(=O)=O)ccc2O[C@@H]1CN(C)Cc1ccc(Cl)c(Cl)c1. The molecule has 3 atom stereocenters. The Kier molecular flexibility index (Phi) is 8.93. The molecular formula is C24H31Cl2N3O5S. The van der Waals surface area contributed by atoms with Gasteiger partial charge in [-0.1, -0.05) is 36.2 Å². The van der Waals surface area contributed by atoms with E-state index in [1.165, 1.54) is 6.07 Å². The van der Waals surface area contributed by atoms with Gasteiger partial charge in [-0.25, -0.2) is 8.42 Å². The molecule has 2 aromatic rings. The van der Waals surface area contributed by atoms with Crippen LogP contribution in [0.2, 0.25) is 10.0 Å². The lowest BCUT2D eigenvalue weighted by molar-refractivity contribution is 0.0341. The molecule has 3 rings (SSSR count). The Hall–Kier alpha value is -2.04. The number of amides is 1. The Labute approximate surface area is 216 Å². The van der Waals surface area contributed by atoms with Crippen LogP contribution < -0.4 is 9.46 Å². The van der Waals surface area contributed by atoms with Gasteiger partial charge in [0.1, 0.15) is 11.9 Å². The number of fused-ring (bicyclic) bond motifs is 1. The van der Waals surface area contributed by atoms with Crippen molar-refractivity contribution in [2.75, 3.05) is 37.7 Å². The number of likely N-dealkylation sites (N-methyl/N-ethyl adjacent to an activating group) is 1. The summed E-state index contributed by atoms with van der Waals surface area (Å²) in [7, 11) is -1.55. The van der Waals surface area contributed by atoms with Gasteiger partial charge in [0, 0.05) is 31.2 Å². The van der Waals surface area contributed by atoms with Crippen LogP contribution in [0.3, 0.4) is 0 Å². The van der Waals surface area contributed by atoms with Crippen molar-refractivity contribution < 1.29 is 23.1 Å². The van der Waals surface area contributed by atoms with Gasteiger partial charge in [0.25, 0.3) is 5.91 Å². The first kappa shape index (κ1) is 27.5. The summed E-state index contributed by atoms with van der Waals surface area (Å²) in [6.45, 7) is 5.12. The molecule has 0 aromatic heterocycles. The number of hydrogen-bond donors (Lipinski definition) is 2. The molecule has 0 radical (unpaired) electrons. The number of rotatable bonds is 8. The van der Waals surface area contributed by atoms with E-state index >= 15 is 0 Å². The zero-order valence-corrected chi connectivity index (χ0v) is 22.5. The van der Waals surface area contributed by atoms with E-state index in [4.69, 9.17) is 27.9 Å². The molecular weight excluding hydrogens is 513 g/mol. The monoisotopic (exact) mass is 543 g/mol. The van der Waals surface area contributed by atoms with E-state index in [0.29, 0.717) is 35.4 Å². The molecule has 0 saturated heterocycles. The molecule has 2 N–H and O–H groups in total. The third kappa shape index (κ3) is 7.24. The molecule has 0 saturated carbocycles. The fourth-order valence-corrected chi connectivity index (χ4v) is 4.92. The van der Waals surface area contributed by atoms with Crippen molar-refractivity contribution >= 4 is 44.8 Å². The molecule has 0 unspecified atom stereocenters. The highest BCUT2D eigenvalue weighted by molar-refractivity contribution is 7.92. The summed E-state index contributed by atoms with van der Waals surface area (Å²) < 4.78 is 32.2. The van der Waals surface area contributed by atoms with Crippen LogP contribution in [0.1, 0.15) is 29.8 Å². The number of ether oxygens (including phenoxy) is 1. The van der Waals surface area contributed by atoms with Crippen LogP contribution in [-0.4, -0.2) is 74.4 Å². The molecule has 1 amide bonds. The van der Waals surface area contributed by atoms with Crippen LogP contribution in [-0.2, 0) is 16.6 Å². The largest absolute Gasteiger partial charge is 0.488 e. The van der Waals surface area contributed by atoms with Gasteiger partial charge in [-0.05, 0) is 49.9 Å². The van der Waals surface area contributed by atoms with Crippen LogP contribution in [0.5, 0.6) is 5.75 Å². The normalized spacial score (nSPS) is 19.5. The zero-order chi connectivity index (χ0) is 25.9. The molecule has 1 aliphatic heterocycles. The highest BCUT2D eigenvalue weighted by atomic mass is 35.5. The highest BCUT2D eigenvalue weighted by Crippen LogP contribution is 2.31. The molecule has 8 nitrogen and oxygen atoms in total. The second-order valence-electron chi connectivity index (χ2n) is 9.15. The van der Waals surface area contributed by atoms with E-state index in [-0.39, 0.29) is 35.8 Å². The average Bonchev–Trinajstić information content (AvgIpc) is 2.77. The number of nitrogens with zero attached hydrogens (tertiary/aromatic N) is 2. The van der Waals surface area contributed by atoms with E-state index in [2.05, 4.69) is 9.62 Å². The van der Waals surface area contributed by atoms with Crippen molar-refractivity contribution in [2.45, 2.75) is 32.5 Å². The predicted molar refractivity (Wildman–Crippen MR) is 139 cm³/mol. The van der Waals surface area contributed by atoms with Gasteiger partial charge < -0.3 is 14.7 Å². The first-order chi connectivity index (χ1) is 16.4. The van der Waals surface area contributed by atoms with Gasteiger partial charge >= 0.3 is 0 Å². The second-order valence-corrected chi connectivity index (χ2v) is 11.7. The van der Waals surface area contributed by atoms with Crippen LogP contribution in [0.15, 0.2) is 36.4 Å². The first-order valence-electron chi connectivity index (χ1n) is 11.2. The number of nitrogens with one attached hydrogen (secondary N) is 1. The molecule has 2 aromatic carbocycles. The van der Waals surface area contributed by atoms with Gasteiger partial charge in [0.15, 0.2) is 0 Å². The Morgan fingerprint density at radius 2 is 1.94 bits per heavy atom. The highest BCUT2D eigenvalue weighted by Gasteiger charge is 2.33. The van der Waals surface area contributed by atoms with Crippen molar-refractivity contribution in [1.29, 1.82) is 0 Å². The number of sulfonamides is 1. The molecule has 1 heterocycles. The summed E-state index contributed by atoms with van der Waals surface area (Å²) in [5.41, 5.74) is 1.51. The second kappa shape index (κ2) is 11.3. The number of carbonyl (C=O) groups excluding carboxylic acids is 1. The van der Waals surface area contributed by atoms with Crippen molar-refractivity contribution in [3.8, 4) is 5.75 Å². The van der Waals surface area contributed by atoms with Gasteiger partial charge in [0.2, 0.25) is 10.0 Å². The maximum Gasteiger partial charge on any atom is 0.258 e. The first-order valence-corrected chi connectivity index (χ1v) is 13.9. The number of aliphatic hydroxyl groups is 1. The van der Waals surface area contributed by atoms with E-state index in [9.17, 15) is 18.3 Å². The van der Waals surface area contributed by atoms with Crippen molar-refractivity contribution in [2.24, 2.45) is 5.92 Å². The standard InChI is InChI=1S/C24H31Cl2N3O5S/c1-15-11-29(16(2)14-30)24(31)19-10-18(27-35(4,32)33)6-8-22(19)34-23(15)13-28(3)12-17-5-7-20(25)21(26)9-17/h5-10,15-16,23,27,30H,11-14H2,1-4H3/t15-,16-,23+/m0/s1. The smallest absolute Gasteiger partial charge is 0.258 e. The van der Waals surface area contributed by atoms with Crippen LogP contribution >= 0.6 is 23.2 Å². The van der Waals surface area contributed by atoms with Crippen LogP contribution in [0.25, 0.3) is 0 Å². The molecule has 11 heteroatoms. The lowest BCUT2D eigenvalue weighted by Gasteiger charge is -2.38. The molecule has 192 valence electrons. The average molecular weight is 545 g/mol. The maximum atomic E-state index is 13.4. The predicted octanol–water partition coefficient (Wildman–Crippen LogP) is 3.72. The van der Waals surface area contributed by atoms with Gasteiger partial charge in [-0.2, -0.15) is 0 Å². The lowest BCUT2D eigenvalue weighted by Crippen LogP contribution is -2.49. The zero-order valence-electron chi connectivity index (χ0n) is 20.2. The lowest BCUT2D eigenvalue weighted by atomic mass is 9.99. The number of hydrogen-bond acceptors (Lipinski definition) is 6. The summed E-state index contributed by atoms with van der Waals surface area (Å²) in [6.07, 6.45) is 0.764. The molecule has 0 aliphatic carbocycles. The Morgan fingerprint density at radius 3 is 2.57 bits per heavy atom. The number of aliphatic hydroxyl groups excluding tert-OH is 1. The molecule has 35 heavy (non-hydrogen) atoms. The summed E-state index contributed by atoms with van der Waals surface area (Å²) in [4.78, 5) is 17.1. The third-order valence-electron chi connectivity index (χ3n) is 5.90. The fourth-order valence-electron chi connectivity index (χ4n) is 4.04. The number of benzene rings is 2. The number of halogens is 2. The summed E-state index contributed by atoms with van der Waals surface area (Å²) >= 11 is 12.2. The van der Waals surface area contributed by atoms with Gasteiger partial charge in [-0.3, -0.25) is 14.4 Å². The van der Waals surface area contributed by atoms with Crippen molar-refractivity contribution in [3.63, 3.8) is 0 Å². The topological polar surface area (TPSA) is 99.2 Å². The van der Waals surface area contributed by atoms with Gasteiger partial charge in [0.05, 0.1) is 34.5 Å². The van der Waals surface area contributed by atoms with E-state index in [0.717, 1.165) is 11.8 Å². The number of carbonyl (C=O) groups is 1. The minimum atomic E-state index is -3.52. The van der Waals surface area contributed by atoms with Crippen molar-refractivity contribution in [3.05, 3.63) is 57.6 Å². The van der Waals surface area contributed by atoms with Crippen LogP contribution in [0.4, 0.5) is 5.69 Å². The molecule has 1 aliphatic rings. The minimum absolute atomic E-state index is 0.0498. The summed E-state index contributed by atoms with van der Waals surface area (Å²) in [6, 6.07) is 9.74. The Balaban J connectivity index is 1.90. The van der Waals surface area contributed by atoms with Crippen molar-refractivity contribution in [1.82, 2.24) is 9.80 Å². The van der Waals surface area contributed by atoms with E-state index in [1.807, 2.05) is 26.1 Å².